The lowest BCUT2D eigenvalue weighted by Gasteiger charge is -2.03. The first kappa shape index (κ1) is 15.5. The Balaban J connectivity index is 1.96. The summed E-state index contributed by atoms with van der Waals surface area (Å²) in [6.07, 6.45) is 4.39. The van der Waals surface area contributed by atoms with Gasteiger partial charge in [0.1, 0.15) is 11.6 Å². The maximum Gasteiger partial charge on any atom is 0.194 e. The number of rotatable bonds is 8. The van der Waals surface area contributed by atoms with Crippen molar-refractivity contribution in [2.75, 3.05) is 20.2 Å². The van der Waals surface area contributed by atoms with Gasteiger partial charge in [-0.15, -0.1) is 0 Å². The lowest BCUT2D eigenvalue weighted by atomic mass is 10.1. The smallest absolute Gasteiger partial charge is 0.194 e. The number of aromatic nitrogens is 1. The van der Waals surface area contributed by atoms with Crippen LogP contribution in [0.15, 0.2) is 28.8 Å². The van der Waals surface area contributed by atoms with Crippen LogP contribution in [-0.4, -0.2) is 25.2 Å². The van der Waals surface area contributed by atoms with Gasteiger partial charge in [0.15, 0.2) is 11.7 Å². The van der Waals surface area contributed by atoms with Crippen LogP contribution in [0.5, 0.6) is 5.75 Å². The van der Waals surface area contributed by atoms with Crippen molar-refractivity contribution < 1.29 is 13.5 Å². The number of ether oxygens (including phenoxy) is 1. The van der Waals surface area contributed by atoms with Crippen LogP contribution in [0.25, 0.3) is 11.3 Å². The van der Waals surface area contributed by atoms with Gasteiger partial charge in [0.05, 0.1) is 18.9 Å². The molecule has 1 heterocycles. The molecule has 0 aliphatic rings. The second kappa shape index (κ2) is 7.78. The summed E-state index contributed by atoms with van der Waals surface area (Å²) in [5.41, 5.74) is 0.402. The number of aryl methyl sites for hydroxylation is 1. The van der Waals surface area contributed by atoms with E-state index < -0.39 is 0 Å². The fourth-order valence-corrected chi connectivity index (χ4v) is 2.04. The van der Waals surface area contributed by atoms with Crippen LogP contribution in [0.3, 0.4) is 0 Å². The molecule has 0 radical (unpaired) electrons. The predicted octanol–water partition coefficient (Wildman–Crippen LogP) is 3.42. The molecule has 0 bridgehead atoms. The summed E-state index contributed by atoms with van der Waals surface area (Å²) in [5.74, 6) is 1.20. The fourth-order valence-electron chi connectivity index (χ4n) is 2.04. The number of methoxy groups -OCH3 is 1. The summed E-state index contributed by atoms with van der Waals surface area (Å²) in [6.45, 7) is 4.09. The molecular formula is C16H21FN2O2. The molecule has 2 rings (SSSR count). The second-order valence-electron chi connectivity index (χ2n) is 4.82. The molecule has 0 saturated carbocycles. The standard InChI is InChI=1S/C16H21FN2O2/c1-3-8-18-9-4-5-16-19-11-15(21-16)13-7-6-12(20-2)10-14(13)17/h6-7,10-11,18H,3-5,8-9H2,1-2H3. The molecule has 1 aromatic carbocycles. The highest BCUT2D eigenvalue weighted by molar-refractivity contribution is 5.58. The normalized spacial score (nSPS) is 10.8. The minimum atomic E-state index is -0.373. The van der Waals surface area contributed by atoms with Crippen LogP contribution < -0.4 is 10.1 Å². The number of hydrogen-bond acceptors (Lipinski definition) is 4. The van der Waals surface area contributed by atoms with E-state index in [1.165, 1.54) is 13.2 Å². The van der Waals surface area contributed by atoms with Crippen molar-refractivity contribution in [1.82, 2.24) is 10.3 Å². The molecule has 2 aromatic rings. The summed E-state index contributed by atoms with van der Waals surface area (Å²) in [5, 5.41) is 3.32. The Morgan fingerprint density at radius 3 is 2.90 bits per heavy atom. The van der Waals surface area contributed by atoms with Crippen LogP contribution in [0, 0.1) is 5.82 Å². The van der Waals surface area contributed by atoms with Crippen molar-refractivity contribution in [3.8, 4) is 17.1 Å². The van der Waals surface area contributed by atoms with Crippen molar-refractivity contribution in [2.24, 2.45) is 0 Å². The van der Waals surface area contributed by atoms with Gasteiger partial charge in [0.25, 0.3) is 0 Å². The molecule has 0 spiro atoms. The largest absolute Gasteiger partial charge is 0.497 e. The lowest BCUT2D eigenvalue weighted by Crippen LogP contribution is -2.16. The van der Waals surface area contributed by atoms with Crippen LogP contribution >= 0.6 is 0 Å². The summed E-state index contributed by atoms with van der Waals surface area (Å²) < 4.78 is 24.5. The number of oxazole rings is 1. The van der Waals surface area contributed by atoms with Gasteiger partial charge in [0.2, 0.25) is 0 Å². The predicted molar refractivity (Wildman–Crippen MR) is 79.9 cm³/mol. The zero-order valence-electron chi connectivity index (χ0n) is 12.5. The van der Waals surface area contributed by atoms with Gasteiger partial charge in [-0.05, 0) is 38.1 Å². The topological polar surface area (TPSA) is 47.3 Å². The molecule has 0 aliphatic heterocycles. The summed E-state index contributed by atoms with van der Waals surface area (Å²) >= 11 is 0. The quantitative estimate of drug-likeness (QED) is 0.757. The highest BCUT2D eigenvalue weighted by Crippen LogP contribution is 2.26. The minimum absolute atomic E-state index is 0.373. The maximum atomic E-state index is 13.9. The Labute approximate surface area is 124 Å². The van der Waals surface area contributed by atoms with Crippen molar-refractivity contribution in [3.63, 3.8) is 0 Å². The van der Waals surface area contributed by atoms with E-state index in [4.69, 9.17) is 9.15 Å². The van der Waals surface area contributed by atoms with Gasteiger partial charge in [-0.1, -0.05) is 6.92 Å². The second-order valence-corrected chi connectivity index (χ2v) is 4.82. The van der Waals surface area contributed by atoms with Gasteiger partial charge < -0.3 is 14.5 Å². The third-order valence-corrected chi connectivity index (χ3v) is 3.17. The Kier molecular flexibility index (Phi) is 5.75. The highest BCUT2D eigenvalue weighted by Gasteiger charge is 2.11. The van der Waals surface area contributed by atoms with Gasteiger partial charge in [-0.3, -0.25) is 0 Å². The van der Waals surface area contributed by atoms with E-state index >= 15 is 0 Å². The minimum Gasteiger partial charge on any atom is -0.497 e. The summed E-state index contributed by atoms with van der Waals surface area (Å²) in [7, 11) is 1.51. The Hall–Kier alpha value is -1.88. The van der Waals surface area contributed by atoms with Crippen molar-refractivity contribution in [1.29, 1.82) is 0 Å². The van der Waals surface area contributed by atoms with Crippen molar-refractivity contribution in [2.45, 2.75) is 26.2 Å². The number of nitrogens with one attached hydrogen (secondary N) is 1. The molecule has 1 aromatic heterocycles. The molecule has 0 saturated heterocycles. The zero-order valence-corrected chi connectivity index (χ0v) is 12.5. The van der Waals surface area contributed by atoms with E-state index in [9.17, 15) is 4.39 Å². The van der Waals surface area contributed by atoms with E-state index in [0.29, 0.717) is 23.0 Å². The molecule has 0 unspecified atom stereocenters. The zero-order chi connectivity index (χ0) is 15.1. The van der Waals surface area contributed by atoms with Gasteiger partial charge in [-0.2, -0.15) is 0 Å². The number of halogens is 1. The van der Waals surface area contributed by atoms with Crippen LogP contribution in [0.2, 0.25) is 0 Å². The first-order chi connectivity index (χ1) is 10.2. The molecule has 21 heavy (non-hydrogen) atoms. The molecule has 0 atom stereocenters. The van der Waals surface area contributed by atoms with Gasteiger partial charge >= 0.3 is 0 Å². The molecule has 0 amide bonds. The van der Waals surface area contributed by atoms with E-state index in [-0.39, 0.29) is 5.82 Å². The van der Waals surface area contributed by atoms with Crippen molar-refractivity contribution >= 4 is 0 Å². The molecule has 4 nitrogen and oxygen atoms in total. The van der Waals surface area contributed by atoms with Gasteiger partial charge in [0, 0.05) is 12.5 Å². The number of hydrogen-bond donors (Lipinski definition) is 1. The lowest BCUT2D eigenvalue weighted by molar-refractivity contribution is 0.411. The van der Waals surface area contributed by atoms with E-state index in [2.05, 4.69) is 17.2 Å². The number of nitrogens with zero attached hydrogens (tertiary/aromatic N) is 1. The summed E-state index contributed by atoms with van der Waals surface area (Å²) in [4.78, 5) is 4.20. The first-order valence-corrected chi connectivity index (χ1v) is 7.24. The third kappa shape index (κ3) is 4.29. The Bertz CT molecular complexity index is 569. The average Bonchev–Trinajstić information content (AvgIpc) is 2.95. The van der Waals surface area contributed by atoms with E-state index in [0.717, 1.165) is 32.4 Å². The molecule has 0 fully saturated rings. The van der Waals surface area contributed by atoms with E-state index in [1.807, 2.05) is 0 Å². The first-order valence-electron chi connectivity index (χ1n) is 7.24. The third-order valence-electron chi connectivity index (χ3n) is 3.17. The fraction of sp³-hybridized carbons (Fsp3) is 0.438. The molecule has 1 N–H and O–H groups in total. The van der Waals surface area contributed by atoms with Crippen LogP contribution in [0.4, 0.5) is 4.39 Å². The highest BCUT2D eigenvalue weighted by atomic mass is 19.1. The number of benzene rings is 1. The Morgan fingerprint density at radius 2 is 2.19 bits per heavy atom. The van der Waals surface area contributed by atoms with E-state index in [1.54, 1.807) is 18.3 Å². The van der Waals surface area contributed by atoms with Crippen LogP contribution in [-0.2, 0) is 6.42 Å². The Morgan fingerprint density at radius 1 is 1.33 bits per heavy atom. The summed E-state index contributed by atoms with van der Waals surface area (Å²) in [6, 6.07) is 4.68. The SMILES string of the molecule is CCCNCCCc1ncc(-c2ccc(OC)cc2F)o1. The molecule has 5 heteroatoms. The van der Waals surface area contributed by atoms with Gasteiger partial charge in [-0.25, -0.2) is 9.37 Å². The maximum absolute atomic E-state index is 13.9. The average molecular weight is 292 g/mol. The molecule has 114 valence electrons. The monoisotopic (exact) mass is 292 g/mol. The van der Waals surface area contributed by atoms with Crippen LogP contribution in [0.1, 0.15) is 25.7 Å². The molecule has 0 aliphatic carbocycles. The van der Waals surface area contributed by atoms with Crippen molar-refractivity contribution in [3.05, 3.63) is 36.1 Å². The molecular weight excluding hydrogens is 271 g/mol.